The van der Waals surface area contributed by atoms with E-state index in [1.165, 1.54) is 0 Å². The monoisotopic (exact) mass is 619 g/mol. The summed E-state index contributed by atoms with van der Waals surface area (Å²) in [5.41, 5.74) is 1.53. The number of benzene rings is 1. The molecule has 1 N–H and O–H groups in total. The molecule has 1 saturated heterocycles. The van der Waals surface area contributed by atoms with Crippen molar-refractivity contribution in [1.29, 1.82) is 0 Å². The number of aromatic nitrogens is 3. The van der Waals surface area contributed by atoms with Crippen molar-refractivity contribution in [2.24, 2.45) is 17.3 Å². The normalized spacial score (nSPS) is 16.2. The van der Waals surface area contributed by atoms with E-state index in [9.17, 15) is 19.1 Å². The molecule has 0 bridgehead atoms. The Morgan fingerprint density at radius 3 is 2.42 bits per heavy atom. The number of rotatable bonds is 12. The van der Waals surface area contributed by atoms with Gasteiger partial charge >= 0.3 is 5.97 Å². The van der Waals surface area contributed by atoms with E-state index in [0.717, 1.165) is 37.6 Å². The summed E-state index contributed by atoms with van der Waals surface area (Å²) in [6.07, 6.45) is 7.74. The summed E-state index contributed by atoms with van der Waals surface area (Å²) in [6.45, 7) is 8.47. The number of pyridine rings is 1. The van der Waals surface area contributed by atoms with E-state index in [1.807, 2.05) is 6.07 Å². The average molecular weight is 620 g/mol. The summed E-state index contributed by atoms with van der Waals surface area (Å²) in [5, 5.41) is 9.35. The second-order valence-corrected chi connectivity index (χ2v) is 13.2. The summed E-state index contributed by atoms with van der Waals surface area (Å²) < 4.78 is 26.2. The molecule has 10 nitrogen and oxygen atoms in total. The Labute approximate surface area is 263 Å². The summed E-state index contributed by atoms with van der Waals surface area (Å²) in [7, 11) is 1.61. The highest BCUT2D eigenvalue weighted by Gasteiger charge is 2.36. The zero-order chi connectivity index (χ0) is 32.1. The first kappa shape index (κ1) is 32.1. The van der Waals surface area contributed by atoms with Crippen molar-refractivity contribution < 1.29 is 28.6 Å². The first-order valence-corrected chi connectivity index (χ1v) is 15.5. The van der Waals surface area contributed by atoms with Crippen LogP contribution in [0.5, 0.6) is 11.6 Å². The lowest BCUT2D eigenvalue weighted by Gasteiger charge is -2.35. The number of piperidine rings is 1. The first-order chi connectivity index (χ1) is 21.5. The second kappa shape index (κ2) is 13.8. The van der Waals surface area contributed by atoms with Gasteiger partial charge in [0.1, 0.15) is 11.6 Å². The lowest BCUT2D eigenvalue weighted by molar-refractivity contribution is -0.137. The molecule has 11 heteroatoms. The van der Waals surface area contributed by atoms with E-state index in [-0.39, 0.29) is 35.5 Å². The number of ether oxygens (including phenoxy) is 2. The number of carboxylic acids is 1. The molecule has 5 rings (SSSR count). The molecule has 1 aliphatic heterocycles. The van der Waals surface area contributed by atoms with Crippen LogP contribution in [0.4, 0.5) is 16.0 Å². The quantitative estimate of drug-likeness (QED) is 0.261. The van der Waals surface area contributed by atoms with Crippen LogP contribution >= 0.6 is 0 Å². The SMILES string of the molecule is COc1ccc(C(=O)N(CC(C)(C)C)c2ncccn2)c(N2CCC(COc3cc(C(CC(=O)O)C4CC4)c(F)cn3)CC2)c1. The summed E-state index contributed by atoms with van der Waals surface area (Å²) in [6, 6.07) is 8.81. The molecule has 1 aromatic carbocycles. The number of methoxy groups -OCH3 is 1. The van der Waals surface area contributed by atoms with Crippen molar-refractivity contribution >= 4 is 23.5 Å². The van der Waals surface area contributed by atoms with Gasteiger partial charge in [-0.2, -0.15) is 0 Å². The average Bonchev–Trinajstić information content (AvgIpc) is 3.87. The molecule has 1 unspecified atom stereocenters. The summed E-state index contributed by atoms with van der Waals surface area (Å²) >= 11 is 0. The minimum Gasteiger partial charge on any atom is -0.497 e. The van der Waals surface area contributed by atoms with Crippen LogP contribution in [-0.4, -0.2) is 65.3 Å². The van der Waals surface area contributed by atoms with Crippen molar-refractivity contribution in [2.45, 2.75) is 58.8 Å². The van der Waals surface area contributed by atoms with Gasteiger partial charge in [-0.05, 0) is 66.7 Å². The molecule has 3 aromatic rings. The smallest absolute Gasteiger partial charge is 0.303 e. The van der Waals surface area contributed by atoms with Crippen molar-refractivity contribution in [3.05, 3.63) is 65.9 Å². The number of carbonyl (C=O) groups is 2. The van der Waals surface area contributed by atoms with Crippen LogP contribution < -0.4 is 19.3 Å². The van der Waals surface area contributed by atoms with E-state index in [0.29, 0.717) is 54.9 Å². The maximum atomic E-state index is 14.7. The third-order valence-corrected chi connectivity index (χ3v) is 8.37. The van der Waals surface area contributed by atoms with Crippen molar-refractivity contribution in [3.8, 4) is 11.6 Å². The van der Waals surface area contributed by atoms with Gasteiger partial charge < -0.3 is 19.5 Å². The molecule has 45 heavy (non-hydrogen) atoms. The number of carbonyl (C=O) groups excluding carboxylic acids is 1. The first-order valence-electron chi connectivity index (χ1n) is 15.5. The third-order valence-electron chi connectivity index (χ3n) is 8.37. The van der Waals surface area contributed by atoms with E-state index < -0.39 is 11.8 Å². The lowest BCUT2D eigenvalue weighted by atomic mass is 9.91. The van der Waals surface area contributed by atoms with Crippen LogP contribution in [0, 0.1) is 23.1 Å². The van der Waals surface area contributed by atoms with Crippen LogP contribution in [0.2, 0.25) is 0 Å². The maximum absolute atomic E-state index is 14.7. The Kier molecular flexibility index (Phi) is 9.84. The van der Waals surface area contributed by atoms with Gasteiger partial charge in [0.25, 0.3) is 5.91 Å². The molecule has 1 atom stereocenters. The van der Waals surface area contributed by atoms with Gasteiger partial charge in [0.05, 0.1) is 37.6 Å². The standard InChI is InChI=1S/C34H42FN5O5/c1-34(2,3)21-40(33-36-12-5-13-37-33)32(43)25-9-8-24(44-4)16-29(25)39-14-10-22(11-15-39)20-45-30-17-27(28(35)19-38-30)26(18-31(41)42)23-6-7-23/h5,8-9,12-13,16-17,19,22-23,26H,6-7,10-11,14-15,18,20-21H2,1-4H3,(H,41,42). The van der Waals surface area contributed by atoms with Crippen LogP contribution in [-0.2, 0) is 4.79 Å². The molecule has 1 aliphatic carbocycles. The third kappa shape index (κ3) is 8.26. The highest BCUT2D eigenvalue weighted by molar-refractivity contribution is 6.09. The highest BCUT2D eigenvalue weighted by Crippen LogP contribution is 2.45. The van der Waals surface area contributed by atoms with Gasteiger partial charge in [0.15, 0.2) is 0 Å². The molecule has 2 aliphatic rings. The van der Waals surface area contributed by atoms with Gasteiger partial charge in [-0.1, -0.05) is 20.8 Å². The van der Waals surface area contributed by atoms with E-state index in [2.05, 4.69) is 40.6 Å². The molecule has 3 heterocycles. The molecule has 240 valence electrons. The van der Waals surface area contributed by atoms with Gasteiger partial charge in [-0.25, -0.2) is 19.3 Å². The Bertz CT molecular complexity index is 1490. The van der Waals surface area contributed by atoms with Crippen LogP contribution in [0.25, 0.3) is 0 Å². The highest BCUT2D eigenvalue weighted by atomic mass is 19.1. The van der Waals surface area contributed by atoms with Crippen LogP contribution in [0.1, 0.15) is 74.7 Å². The minimum absolute atomic E-state index is 0.107. The largest absolute Gasteiger partial charge is 0.497 e. The number of hydrogen-bond acceptors (Lipinski definition) is 8. The van der Waals surface area contributed by atoms with Crippen LogP contribution in [0.3, 0.4) is 0 Å². The Hall–Kier alpha value is -4.28. The number of aliphatic carboxylic acids is 1. The second-order valence-electron chi connectivity index (χ2n) is 13.2. The van der Waals surface area contributed by atoms with Gasteiger partial charge in [0, 0.05) is 50.1 Å². The van der Waals surface area contributed by atoms with Crippen molar-refractivity contribution in [1.82, 2.24) is 15.0 Å². The molecule has 2 fully saturated rings. The molecule has 2 aromatic heterocycles. The number of halogens is 1. The molecule has 1 amide bonds. The number of carboxylic acid groups (broad SMARTS) is 1. The molecular weight excluding hydrogens is 577 g/mol. The minimum atomic E-state index is -0.937. The molecule has 0 radical (unpaired) electrons. The zero-order valence-electron chi connectivity index (χ0n) is 26.4. The predicted octanol–water partition coefficient (Wildman–Crippen LogP) is 5.98. The number of nitrogens with zero attached hydrogens (tertiary/aromatic N) is 5. The maximum Gasteiger partial charge on any atom is 0.303 e. The van der Waals surface area contributed by atoms with Gasteiger partial charge in [0.2, 0.25) is 11.8 Å². The predicted molar refractivity (Wildman–Crippen MR) is 169 cm³/mol. The Morgan fingerprint density at radius 2 is 1.80 bits per heavy atom. The number of anilines is 2. The van der Waals surface area contributed by atoms with Crippen LogP contribution in [0.15, 0.2) is 48.9 Å². The molecular formula is C34H42FN5O5. The van der Waals surface area contributed by atoms with E-state index in [4.69, 9.17) is 9.47 Å². The molecule has 1 saturated carbocycles. The summed E-state index contributed by atoms with van der Waals surface area (Å²) in [5.74, 6) is -0.221. The fourth-order valence-corrected chi connectivity index (χ4v) is 5.92. The van der Waals surface area contributed by atoms with Gasteiger partial charge in [-0.15, -0.1) is 0 Å². The van der Waals surface area contributed by atoms with Crippen molar-refractivity contribution in [3.63, 3.8) is 0 Å². The number of amides is 1. The zero-order valence-corrected chi connectivity index (χ0v) is 26.4. The Morgan fingerprint density at radius 1 is 1.09 bits per heavy atom. The van der Waals surface area contributed by atoms with Crippen molar-refractivity contribution in [2.75, 3.05) is 43.2 Å². The van der Waals surface area contributed by atoms with E-state index >= 15 is 0 Å². The summed E-state index contributed by atoms with van der Waals surface area (Å²) in [4.78, 5) is 42.2. The number of hydrogen-bond donors (Lipinski definition) is 1. The lowest BCUT2D eigenvalue weighted by Crippen LogP contribution is -2.41. The fraction of sp³-hybridized carbons (Fsp3) is 0.500. The van der Waals surface area contributed by atoms with Gasteiger partial charge in [-0.3, -0.25) is 14.5 Å². The fourth-order valence-electron chi connectivity index (χ4n) is 5.92. The Balaban J connectivity index is 1.27. The molecule has 0 spiro atoms. The topological polar surface area (TPSA) is 118 Å². The van der Waals surface area contributed by atoms with E-state index in [1.54, 1.807) is 48.7 Å².